The summed E-state index contributed by atoms with van der Waals surface area (Å²) in [6, 6.07) is 56.2. The van der Waals surface area contributed by atoms with Crippen LogP contribution in [-0.2, 0) is 21.1 Å². The van der Waals surface area contributed by atoms with Crippen molar-refractivity contribution in [1.82, 2.24) is 14.4 Å². The van der Waals surface area contributed by atoms with Gasteiger partial charge in [0, 0.05) is 60.7 Å². The molecule has 6 nitrogen and oxygen atoms in total. The summed E-state index contributed by atoms with van der Waals surface area (Å²) in [5.41, 5.74) is 11.7. The topological polar surface area (TPSA) is 76.7 Å². The number of pyridine rings is 2. The first-order chi connectivity index (χ1) is 26.7. The van der Waals surface area contributed by atoms with Crippen molar-refractivity contribution in [3.8, 4) is 61.9 Å². The molecule has 11 aromatic rings. The fraction of sp³-hybridized carbons (Fsp3) is 0. The molecule has 0 saturated heterocycles. The van der Waals surface area contributed by atoms with Gasteiger partial charge in [0.2, 0.25) is 0 Å². The van der Waals surface area contributed by atoms with Crippen LogP contribution in [0.2, 0.25) is 0 Å². The average Bonchev–Trinajstić information content (AvgIpc) is 3.93. The molecule has 55 heavy (non-hydrogen) atoms. The summed E-state index contributed by atoms with van der Waals surface area (Å²) in [6.07, 6.45) is 2.05. The van der Waals surface area contributed by atoms with E-state index in [-0.39, 0.29) is 26.8 Å². The summed E-state index contributed by atoms with van der Waals surface area (Å²) < 4.78 is 14.9. The van der Waals surface area contributed by atoms with Crippen molar-refractivity contribution in [1.29, 1.82) is 0 Å². The Morgan fingerprint density at radius 1 is 0.545 bits per heavy atom. The standard InChI is InChI=1S/C48H28N3O3.Pt/c52-47-34(22-23-42-44(47)35-18-8-10-20-41(35)53-42)38-27-31(29-13-3-1-4-14-29)28-39(49-38)37-26-32(25-36-33-17-7-9-19-40(33)54-48(36)37)45-46(30-15-5-2-6-16-30)51-24-12-11-21-43(51)50-45;/h1-25,27-28,52H;/q-1;. The van der Waals surface area contributed by atoms with Gasteiger partial charge in [-0.05, 0) is 64.5 Å². The third-order valence-electron chi connectivity index (χ3n) is 10.2. The van der Waals surface area contributed by atoms with Gasteiger partial charge in [0.05, 0.1) is 16.7 Å². The van der Waals surface area contributed by atoms with E-state index in [1.165, 1.54) is 0 Å². The van der Waals surface area contributed by atoms with Crippen LogP contribution in [0.1, 0.15) is 0 Å². The Bertz CT molecular complexity index is 3240. The zero-order valence-corrected chi connectivity index (χ0v) is 31.3. The largest absolute Gasteiger partial charge is 0.506 e. The molecule has 6 aromatic carbocycles. The van der Waals surface area contributed by atoms with Gasteiger partial charge in [-0.3, -0.25) is 9.97 Å². The van der Waals surface area contributed by atoms with E-state index in [1.54, 1.807) is 0 Å². The van der Waals surface area contributed by atoms with Crippen LogP contribution in [0.4, 0.5) is 0 Å². The van der Waals surface area contributed by atoms with Gasteiger partial charge >= 0.3 is 0 Å². The van der Waals surface area contributed by atoms with Crippen LogP contribution >= 0.6 is 0 Å². The number of fused-ring (bicyclic) bond motifs is 7. The summed E-state index contributed by atoms with van der Waals surface area (Å²) >= 11 is 0. The van der Waals surface area contributed by atoms with Crippen molar-refractivity contribution < 1.29 is 35.0 Å². The zero-order valence-electron chi connectivity index (χ0n) is 29.0. The number of aromatic hydroxyl groups is 1. The van der Waals surface area contributed by atoms with Gasteiger partial charge in [-0.15, -0.1) is 12.1 Å². The van der Waals surface area contributed by atoms with Gasteiger partial charge in [-0.2, -0.15) is 0 Å². The number of imidazole rings is 1. The second-order valence-corrected chi connectivity index (χ2v) is 13.4. The second-order valence-electron chi connectivity index (χ2n) is 13.4. The molecular weight excluding hydrogens is 862 g/mol. The van der Waals surface area contributed by atoms with E-state index in [0.29, 0.717) is 44.7 Å². The van der Waals surface area contributed by atoms with Crippen LogP contribution in [0.5, 0.6) is 5.75 Å². The summed E-state index contributed by atoms with van der Waals surface area (Å²) in [5.74, 6) is 0.116. The fourth-order valence-corrected chi connectivity index (χ4v) is 7.73. The van der Waals surface area contributed by atoms with E-state index in [2.05, 4.69) is 52.9 Å². The normalized spacial score (nSPS) is 11.6. The summed E-state index contributed by atoms with van der Waals surface area (Å²) in [6.45, 7) is 0. The Labute approximate surface area is 329 Å². The Kier molecular flexibility index (Phi) is 7.75. The van der Waals surface area contributed by atoms with Crippen molar-refractivity contribution in [2.45, 2.75) is 0 Å². The first-order valence-electron chi connectivity index (χ1n) is 17.8. The average molecular weight is 890 g/mol. The first kappa shape index (κ1) is 32.9. The molecule has 0 radical (unpaired) electrons. The molecule has 0 unspecified atom stereocenters. The molecule has 5 heterocycles. The van der Waals surface area contributed by atoms with Crippen LogP contribution in [0.15, 0.2) is 173 Å². The number of benzene rings is 6. The molecular formula is C48H28N3O3Pt-. The Morgan fingerprint density at radius 2 is 1.22 bits per heavy atom. The number of phenols is 1. The predicted molar refractivity (Wildman–Crippen MR) is 215 cm³/mol. The number of phenolic OH excluding ortho intramolecular Hbond substituents is 1. The molecule has 0 saturated carbocycles. The Hall–Kier alpha value is -6.75. The predicted octanol–water partition coefficient (Wildman–Crippen LogP) is 12.4. The van der Waals surface area contributed by atoms with Crippen molar-refractivity contribution in [3.63, 3.8) is 0 Å². The molecule has 0 aliphatic carbocycles. The Balaban J connectivity index is 0.00000372. The molecule has 7 heteroatoms. The van der Waals surface area contributed by atoms with Gasteiger partial charge in [-0.25, -0.2) is 0 Å². The molecule has 0 aliphatic heterocycles. The van der Waals surface area contributed by atoms with E-state index in [4.69, 9.17) is 18.8 Å². The van der Waals surface area contributed by atoms with E-state index in [9.17, 15) is 5.11 Å². The maximum absolute atomic E-state index is 11.9. The molecule has 0 aliphatic rings. The van der Waals surface area contributed by atoms with Crippen LogP contribution < -0.4 is 0 Å². The van der Waals surface area contributed by atoms with Crippen molar-refractivity contribution in [2.75, 3.05) is 0 Å². The minimum atomic E-state index is 0. The van der Waals surface area contributed by atoms with Gasteiger partial charge in [0.25, 0.3) is 0 Å². The number of rotatable bonds is 5. The number of furan rings is 2. The number of hydrogen-bond acceptors (Lipinski definition) is 5. The molecule has 5 aromatic heterocycles. The van der Waals surface area contributed by atoms with Crippen LogP contribution in [-0.4, -0.2) is 19.5 Å². The smallest absolute Gasteiger partial charge is 0.139 e. The molecule has 11 rings (SSSR count). The Morgan fingerprint density at radius 3 is 2.02 bits per heavy atom. The molecule has 0 fully saturated rings. The van der Waals surface area contributed by atoms with Gasteiger partial charge < -0.3 is 18.3 Å². The summed E-state index contributed by atoms with van der Waals surface area (Å²) in [5, 5.41) is 15.4. The van der Waals surface area contributed by atoms with Crippen LogP contribution in [0.25, 0.3) is 106 Å². The second kappa shape index (κ2) is 13.0. The zero-order chi connectivity index (χ0) is 35.8. The van der Waals surface area contributed by atoms with Gasteiger partial charge in [0.15, 0.2) is 0 Å². The third kappa shape index (κ3) is 5.29. The van der Waals surface area contributed by atoms with Crippen LogP contribution in [0.3, 0.4) is 0 Å². The molecule has 0 amide bonds. The maximum atomic E-state index is 11.9. The number of para-hydroxylation sites is 2. The minimum absolute atomic E-state index is 0. The van der Waals surface area contributed by atoms with Crippen molar-refractivity contribution in [3.05, 3.63) is 170 Å². The number of aromatic nitrogens is 3. The van der Waals surface area contributed by atoms with Gasteiger partial charge in [-0.1, -0.05) is 120 Å². The molecule has 0 spiro atoms. The van der Waals surface area contributed by atoms with Gasteiger partial charge in [0.1, 0.15) is 28.1 Å². The minimum Gasteiger partial charge on any atom is -0.506 e. The molecule has 1 N–H and O–H groups in total. The van der Waals surface area contributed by atoms with E-state index >= 15 is 0 Å². The fourth-order valence-electron chi connectivity index (χ4n) is 7.73. The monoisotopic (exact) mass is 889 g/mol. The molecule has 0 atom stereocenters. The SMILES string of the molecule is Oc1c(-c2cc(-c3ccccc3)cc(-c3[c-]c(-c4nc5ccccn5c4-c4ccccc4)cc4c3oc3ccccc34)n2)ccc2oc3ccccc3c12.[Pt]. The number of hydrogen-bond donors (Lipinski definition) is 1. The van der Waals surface area contributed by atoms with Crippen molar-refractivity contribution in [2.24, 2.45) is 0 Å². The maximum Gasteiger partial charge on any atom is 0.139 e. The van der Waals surface area contributed by atoms with E-state index in [0.717, 1.165) is 61.0 Å². The van der Waals surface area contributed by atoms with E-state index < -0.39 is 0 Å². The molecule has 264 valence electrons. The summed E-state index contributed by atoms with van der Waals surface area (Å²) in [4.78, 5) is 10.5. The van der Waals surface area contributed by atoms with Crippen molar-refractivity contribution >= 4 is 49.5 Å². The quantitative estimate of drug-likeness (QED) is 0.174. The number of nitrogens with zero attached hydrogens (tertiary/aromatic N) is 3. The third-order valence-corrected chi connectivity index (χ3v) is 10.2. The van der Waals surface area contributed by atoms with Crippen LogP contribution in [0, 0.1) is 6.07 Å². The summed E-state index contributed by atoms with van der Waals surface area (Å²) in [7, 11) is 0. The first-order valence-corrected chi connectivity index (χ1v) is 17.8. The van der Waals surface area contributed by atoms with E-state index in [1.807, 2.05) is 121 Å². The molecule has 0 bridgehead atoms.